The molecule has 0 bridgehead atoms. The normalized spacial score (nSPS) is 13.8. The van der Waals surface area contributed by atoms with Crippen molar-refractivity contribution in [1.82, 2.24) is 9.97 Å². The van der Waals surface area contributed by atoms with E-state index >= 15 is 0 Å². The number of thiazole rings is 1. The molecule has 5 rings (SSSR count). The van der Waals surface area contributed by atoms with E-state index in [4.69, 9.17) is 0 Å². The third kappa shape index (κ3) is 2.27. The Hall–Kier alpha value is -3.25. The van der Waals surface area contributed by atoms with E-state index in [9.17, 15) is 5.11 Å². The van der Waals surface area contributed by atoms with Gasteiger partial charge in [-0.2, -0.15) is 0 Å². The number of nitrogens with one attached hydrogen (secondary N) is 1. The lowest BCUT2D eigenvalue weighted by atomic mass is 10.1. The molecule has 2 N–H and O–H groups in total. The zero-order valence-electron chi connectivity index (χ0n) is 13.0. The highest BCUT2D eigenvalue weighted by Crippen LogP contribution is 2.28. The van der Waals surface area contributed by atoms with Crippen molar-refractivity contribution in [1.29, 1.82) is 0 Å². The average molecular weight is 344 g/mol. The second-order valence-corrected chi connectivity index (χ2v) is 6.63. The summed E-state index contributed by atoms with van der Waals surface area (Å²) in [6, 6.07) is 13.8. The van der Waals surface area contributed by atoms with E-state index in [1.54, 1.807) is 17.5 Å². The predicted molar refractivity (Wildman–Crippen MR) is 98.4 cm³/mol. The van der Waals surface area contributed by atoms with Gasteiger partial charge >= 0.3 is 0 Å². The molecule has 3 heterocycles. The molecule has 1 aliphatic heterocycles. The van der Waals surface area contributed by atoms with Gasteiger partial charge in [0.25, 0.3) is 0 Å². The van der Waals surface area contributed by atoms with Gasteiger partial charge in [-0.05, 0) is 29.5 Å². The Bertz CT molecular complexity index is 1250. The fourth-order valence-corrected chi connectivity index (χ4v) is 3.67. The van der Waals surface area contributed by atoms with Crippen molar-refractivity contribution in [2.75, 3.05) is 0 Å². The van der Waals surface area contributed by atoms with Crippen molar-refractivity contribution in [3.63, 3.8) is 0 Å². The van der Waals surface area contributed by atoms with Gasteiger partial charge < -0.3 is 10.1 Å². The zero-order valence-corrected chi connectivity index (χ0v) is 13.8. The Kier molecular flexibility index (Phi) is 3.05. The highest BCUT2D eigenvalue weighted by molar-refractivity contribution is 7.10. The molecular weight excluding hydrogens is 332 g/mol. The summed E-state index contributed by atoms with van der Waals surface area (Å²) in [6.07, 6.45) is 3.72. The first-order valence-electron chi connectivity index (χ1n) is 7.77. The second-order valence-electron chi connectivity index (χ2n) is 5.74. The summed E-state index contributed by atoms with van der Waals surface area (Å²) in [5.41, 5.74) is 3.31. The van der Waals surface area contributed by atoms with E-state index in [0.717, 1.165) is 43.3 Å². The SMILES string of the molecule is Oc1[nH]c2ccccc2c1C=c1ccc2c(c1)N=NC=2c1nccs1. The quantitative estimate of drug-likeness (QED) is 0.585. The topological polar surface area (TPSA) is 73.6 Å². The summed E-state index contributed by atoms with van der Waals surface area (Å²) in [6.45, 7) is 0. The molecule has 2 aromatic carbocycles. The van der Waals surface area contributed by atoms with Gasteiger partial charge in [0.1, 0.15) is 10.7 Å². The molecule has 0 amide bonds. The van der Waals surface area contributed by atoms with Gasteiger partial charge in [-0.3, -0.25) is 0 Å². The molecule has 0 unspecified atom stereocenters. The van der Waals surface area contributed by atoms with Gasteiger partial charge in [-0.15, -0.1) is 21.6 Å². The molecule has 6 heteroatoms. The number of nitrogens with zero attached hydrogens (tertiary/aromatic N) is 3. The van der Waals surface area contributed by atoms with Gasteiger partial charge in [0.15, 0.2) is 5.88 Å². The summed E-state index contributed by atoms with van der Waals surface area (Å²) in [4.78, 5) is 7.31. The molecular formula is C19H12N4OS. The molecule has 0 saturated carbocycles. The van der Waals surface area contributed by atoms with Gasteiger partial charge in [0.05, 0.1) is 5.69 Å². The van der Waals surface area contributed by atoms with Crippen LogP contribution in [0.5, 0.6) is 5.88 Å². The van der Waals surface area contributed by atoms with Gasteiger partial charge in [-0.25, -0.2) is 4.98 Å². The van der Waals surface area contributed by atoms with Gasteiger partial charge in [-0.1, -0.05) is 24.3 Å². The predicted octanol–water partition coefficient (Wildman–Crippen LogP) is 3.41. The fraction of sp³-hybridized carbons (Fsp3) is 0. The number of hydrogen-bond acceptors (Lipinski definition) is 5. The number of aromatic hydroxyl groups is 1. The third-order valence-electron chi connectivity index (χ3n) is 4.21. The molecule has 0 saturated heterocycles. The highest BCUT2D eigenvalue weighted by atomic mass is 32.1. The van der Waals surface area contributed by atoms with Crippen molar-refractivity contribution < 1.29 is 5.11 Å². The Morgan fingerprint density at radius 1 is 1.08 bits per heavy atom. The number of rotatable bonds is 2. The molecule has 1 aliphatic rings. The molecule has 0 spiro atoms. The van der Waals surface area contributed by atoms with E-state index < -0.39 is 0 Å². The van der Waals surface area contributed by atoms with Crippen LogP contribution in [0.1, 0.15) is 10.6 Å². The molecule has 0 atom stereocenters. The number of para-hydroxylation sites is 1. The third-order valence-corrected chi connectivity index (χ3v) is 4.99. The van der Waals surface area contributed by atoms with Crippen molar-refractivity contribution >= 4 is 39.7 Å². The number of benzene rings is 2. The van der Waals surface area contributed by atoms with Crippen LogP contribution in [0.3, 0.4) is 0 Å². The molecule has 25 heavy (non-hydrogen) atoms. The van der Waals surface area contributed by atoms with Crippen LogP contribution in [0.25, 0.3) is 22.7 Å². The highest BCUT2D eigenvalue weighted by Gasteiger charge is 2.13. The van der Waals surface area contributed by atoms with Crippen LogP contribution in [0, 0.1) is 0 Å². The lowest BCUT2D eigenvalue weighted by Gasteiger charge is -1.95. The summed E-state index contributed by atoms with van der Waals surface area (Å²) >= 11 is 1.55. The second kappa shape index (κ2) is 5.39. The molecule has 0 fully saturated rings. The molecule has 0 radical (unpaired) electrons. The van der Waals surface area contributed by atoms with Gasteiger partial charge in [0.2, 0.25) is 0 Å². The average Bonchev–Trinajstić information content (AvgIpc) is 3.34. The van der Waals surface area contributed by atoms with Crippen LogP contribution in [0.15, 0.2) is 64.3 Å². The van der Waals surface area contributed by atoms with E-state index in [1.807, 2.05) is 53.9 Å². The fourth-order valence-electron chi connectivity index (χ4n) is 3.04. The molecule has 2 aromatic heterocycles. The molecule has 0 aliphatic carbocycles. The number of fused-ring (bicyclic) bond motifs is 2. The maximum absolute atomic E-state index is 10.2. The maximum atomic E-state index is 10.2. The molecule has 4 aromatic rings. The van der Waals surface area contributed by atoms with Crippen molar-refractivity contribution in [2.24, 2.45) is 10.2 Å². The van der Waals surface area contributed by atoms with Crippen LogP contribution in [-0.4, -0.2) is 15.1 Å². The van der Waals surface area contributed by atoms with Crippen LogP contribution in [-0.2, 0) is 0 Å². The van der Waals surface area contributed by atoms with E-state index in [2.05, 4.69) is 20.2 Å². The minimum Gasteiger partial charge on any atom is -0.494 e. The van der Waals surface area contributed by atoms with Crippen LogP contribution >= 0.6 is 11.3 Å². The first kappa shape index (κ1) is 14.1. The molecule has 120 valence electrons. The standard InChI is InChI=1S/C19H12N4OS/c24-18-14(12-3-1-2-4-15(12)21-18)9-11-5-6-13-16(10-11)22-23-17(13)19-20-7-8-25-19/h1-10,21,24H. The number of aromatic amines is 1. The number of H-pyrrole nitrogens is 1. The van der Waals surface area contributed by atoms with Crippen molar-refractivity contribution in [3.8, 4) is 5.88 Å². The Labute approximate surface area is 146 Å². The summed E-state index contributed by atoms with van der Waals surface area (Å²) in [5.74, 6) is 0.165. The van der Waals surface area contributed by atoms with Gasteiger partial charge in [0, 0.05) is 33.3 Å². The van der Waals surface area contributed by atoms with Crippen molar-refractivity contribution in [2.45, 2.75) is 0 Å². The monoisotopic (exact) mass is 344 g/mol. The molecule has 5 nitrogen and oxygen atoms in total. The first-order chi connectivity index (χ1) is 12.3. The van der Waals surface area contributed by atoms with Crippen LogP contribution in [0.2, 0.25) is 0 Å². The van der Waals surface area contributed by atoms with E-state index in [1.165, 1.54) is 0 Å². The smallest absolute Gasteiger partial charge is 0.196 e. The lowest BCUT2D eigenvalue weighted by molar-refractivity contribution is 0.457. The van der Waals surface area contributed by atoms with Crippen LogP contribution in [0.4, 0.5) is 5.69 Å². The van der Waals surface area contributed by atoms with E-state index in [0.29, 0.717) is 0 Å². The first-order valence-corrected chi connectivity index (χ1v) is 8.65. The largest absolute Gasteiger partial charge is 0.494 e. The number of aromatic nitrogens is 2. The Morgan fingerprint density at radius 3 is 2.88 bits per heavy atom. The minimum absolute atomic E-state index is 0.165. The number of hydrogen-bond donors (Lipinski definition) is 2. The zero-order chi connectivity index (χ0) is 16.8. The number of azo groups is 1. The Balaban J connectivity index is 1.69. The summed E-state index contributed by atoms with van der Waals surface area (Å²) in [5, 5.41) is 24.5. The van der Waals surface area contributed by atoms with E-state index in [-0.39, 0.29) is 5.88 Å². The summed E-state index contributed by atoms with van der Waals surface area (Å²) in [7, 11) is 0. The Morgan fingerprint density at radius 2 is 2.00 bits per heavy atom. The minimum atomic E-state index is 0.165. The van der Waals surface area contributed by atoms with Crippen LogP contribution < -0.4 is 10.4 Å². The summed E-state index contributed by atoms with van der Waals surface area (Å²) < 4.78 is 0. The maximum Gasteiger partial charge on any atom is 0.196 e. The lowest BCUT2D eigenvalue weighted by Crippen LogP contribution is -2.09. The van der Waals surface area contributed by atoms with Crippen molar-refractivity contribution in [3.05, 3.63) is 75.0 Å².